The number of aliphatic hydroxyl groups excluding tert-OH is 1. The molecule has 2 N–H and O–H groups in total. The Bertz CT molecular complexity index is 785. The molecule has 0 radical (unpaired) electrons. The van der Waals surface area contributed by atoms with Gasteiger partial charge in [0.1, 0.15) is 6.10 Å². The lowest BCUT2D eigenvalue weighted by Gasteiger charge is -2.08. The summed E-state index contributed by atoms with van der Waals surface area (Å²) in [4.78, 5) is 14.5. The maximum absolute atomic E-state index is 11.1. The van der Waals surface area contributed by atoms with Crippen molar-refractivity contribution in [1.82, 2.24) is 4.98 Å². The summed E-state index contributed by atoms with van der Waals surface area (Å²) in [5.41, 5.74) is 1.74. The number of nitrogens with one attached hydrogen (secondary N) is 1. The van der Waals surface area contributed by atoms with E-state index in [1.165, 1.54) is 11.3 Å². The number of aromatic amines is 1. The zero-order valence-electron chi connectivity index (χ0n) is 9.31. The van der Waals surface area contributed by atoms with E-state index in [1.807, 2.05) is 6.07 Å². The average Bonchev–Trinajstić information content (AvgIpc) is 2.90. The number of aliphatic hydroxyl groups is 1. The van der Waals surface area contributed by atoms with Crippen LogP contribution in [0.15, 0.2) is 41.7 Å². The minimum absolute atomic E-state index is 0.441. The van der Waals surface area contributed by atoms with Crippen LogP contribution in [-0.4, -0.2) is 10.1 Å². The van der Waals surface area contributed by atoms with Crippen LogP contribution < -0.4 is 5.76 Å². The van der Waals surface area contributed by atoms with Crippen LogP contribution in [-0.2, 0) is 0 Å². The fourth-order valence-electron chi connectivity index (χ4n) is 1.79. The number of halogens is 2. The van der Waals surface area contributed by atoms with Crippen LogP contribution in [0.3, 0.4) is 0 Å². The van der Waals surface area contributed by atoms with Gasteiger partial charge in [0.05, 0.1) is 9.30 Å². The van der Waals surface area contributed by atoms with Gasteiger partial charge in [-0.15, -0.1) is 11.3 Å². The lowest BCUT2D eigenvalue weighted by Crippen LogP contribution is -1.96. The van der Waals surface area contributed by atoms with Gasteiger partial charge in [-0.25, -0.2) is 4.79 Å². The second-order valence-electron chi connectivity index (χ2n) is 3.94. The molecule has 0 saturated heterocycles. The summed E-state index contributed by atoms with van der Waals surface area (Å²) in [6, 6.07) is 7.01. The Morgan fingerprint density at radius 2 is 2.11 bits per heavy atom. The minimum atomic E-state index is -0.753. The van der Waals surface area contributed by atoms with Crippen LogP contribution in [0.4, 0.5) is 0 Å². The number of H-pyrrole nitrogens is 1. The Morgan fingerprint density at radius 3 is 2.79 bits per heavy atom. The van der Waals surface area contributed by atoms with E-state index in [-0.39, 0.29) is 0 Å². The van der Waals surface area contributed by atoms with Crippen molar-refractivity contribution in [2.45, 2.75) is 6.10 Å². The Morgan fingerprint density at radius 1 is 1.32 bits per heavy atom. The smallest absolute Gasteiger partial charge is 0.408 e. The maximum atomic E-state index is 11.1. The number of oxazole rings is 1. The normalized spacial score (nSPS) is 13.0. The molecule has 0 spiro atoms. The topological polar surface area (TPSA) is 66.2 Å². The summed E-state index contributed by atoms with van der Waals surface area (Å²) in [6.07, 6.45) is -0.753. The van der Waals surface area contributed by atoms with Crippen molar-refractivity contribution in [3.63, 3.8) is 0 Å². The average molecular weight is 405 g/mol. The van der Waals surface area contributed by atoms with Gasteiger partial charge in [0.15, 0.2) is 5.58 Å². The third-order valence-corrected chi connectivity index (χ3v) is 6.00. The van der Waals surface area contributed by atoms with Gasteiger partial charge >= 0.3 is 5.76 Å². The summed E-state index contributed by atoms with van der Waals surface area (Å²) in [6.45, 7) is 0. The summed E-state index contributed by atoms with van der Waals surface area (Å²) in [7, 11) is 0. The highest BCUT2D eigenvalue weighted by molar-refractivity contribution is 9.13. The standard InChI is InChI=1S/C12H7Br2NO3S/c13-6-4-9(19-11(6)14)10(16)5-1-2-7-8(3-5)18-12(17)15-7/h1-4,10,16H,(H,15,17). The first-order valence-corrected chi connectivity index (χ1v) is 7.70. The lowest BCUT2D eigenvalue weighted by atomic mass is 10.1. The number of hydrogen-bond acceptors (Lipinski definition) is 4. The zero-order valence-corrected chi connectivity index (χ0v) is 13.3. The number of hydrogen-bond donors (Lipinski definition) is 2. The highest BCUT2D eigenvalue weighted by Crippen LogP contribution is 2.37. The number of aromatic nitrogens is 1. The second-order valence-corrected chi connectivity index (χ2v) is 7.20. The molecule has 0 fully saturated rings. The molecule has 4 nitrogen and oxygen atoms in total. The van der Waals surface area contributed by atoms with Gasteiger partial charge in [0.2, 0.25) is 0 Å². The molecule has 19 heavy (non-hydrogen) atoms. The fraction of sp³-hybridized carbons (Fsp3) is 0.0833. The van der Waals surface area contributed by atoms with Gasteiger partial charge in [-0.1, -0.05) is 6.07 Å². The molecule has 98 valence electrons. The third-order valence-electron chi connectivity index (χ3n) is 2.69. The van der Waals surface area contributed by atoms with E-state index < -0.39 is 11.9 Å². The predicted molar refractivity (Wildman–Crippen MR) is 80.6 cm³/mol. The van der Waals surface area contributed by atoms with E-state index >= 15 is 0 Å². The summed E-state index contributed by atoms with van der Waals surface area (Å²) >= 11 is 8.23. The van der Waals surface area contributed by atoms with Crippen molar-refractivity contribution in [2.24, 2.45) is 0 Å². The first kappa shape index (κ1) is 13.1. The quantitative estimate of drug-likeness (QED) is 0.682. The molecule has 0 saturated carbocycles. The molecule has 0 amide bonds. The van der Waals surface area contributed by atoms with Gasteiger partial charge in [-0.2, -0.15) is 0 Å². The van der Waals surface area contributed by atoms with Crippen LogP contribution >= 0.6 is 43.2 Å². The van der Waals surface area contributed by atoms with Crippen LogP contribution in [0.2, 0.25) is 0 Å². The van der Waals surface area contributed by atoms with E-state index in [2.05, 4.69) is 36.8 Å². The Hall–Kier alpha value is -0.890. The first-order valence-electron chi connectivity index (χ1n) is 5.30. The van der Waals surface area contributed by atoms with Crippen LogP contribution in [0.1, 0.15) is 16.5 Å². The van der Waals surface area contributed by atoms with Crippen molar-refractivity contribution in [2.75, 3.05) is 0 Å². The van der Waals surface area contributed by atoms with Crippen LogP contribution in [0.25, 0.3) is 11.1 Å². The Labute approximate surface area is 128 Å². The predicted octanol–water partition coefficient (Wildman–Crippen LogP) is 3.79. The second kappa shape index (κ2) is 4.90. The molecule has 1 aromatic carbocycles. The molecule has 0 aliphatic carbocycles. The van der Waals surface area contributed by atoms with Gasteiger partial charge in [0, 0.05) is 9.35 Å². The summed E-state index contributed by atoms with van der Waals surface area (Å²) in [5.74, 6) is -0.497. The van der Waals surface area contributed by atoms with E-state index in [1.54, 1.807) is 18.2 Å². The van der Waals surface area contributed by atoms with E-state index in [0.717, 1.165) is 13.1 Å². The Kier molecular flexibility index (Phi) is 3.38. The molecule has 2 heterocycles. The third kappa shape index (κ3) is 2.43. The SMILES string of the molecule is O=c1[nH]c2ccc(C(O)c3cc(Br)c(Br)s3)cc2o1. The van der Waals surface area contributed by atoms with Crippen LogP contribution in [0, 0.1) is 0 Å². The molecule has 2 aromatic heterocycles. The molecular formula is C12H7Br2NO3S. The molecule has 3 rings (SSSR count). The van der Waals surface area contributed by atoms with Crippen LogP contribution in [0.5, 0.6) is 0 Å². The van der Waals surface area contributed by atoms with Gasteiger partial charge in [-0.05, 0) is 55.6 Å². The zero-order chi connectivity index (χ0) is 13.6. The summed E-state index contributed by atoms with van der Waals surface area (Å²) in [5, 5.41) is 10.3. The molecular weight excluding hydrogens is 398 g/mol. The molecule has 0 aliphatic heterocycles. The van der Waals surface area contributed by atoms with Crippen molar-refractivity contribution in [3.05, 3.63) is 53.5 Å². The van der Waals surface area contributed by atoms with E-state index in [9.17, 15) is 9.90 Å². The van der Waals surface area contributed by atoms with Crippen molar-refractivity contribution < 1.29 is 9.52 Å². The maximum Gasteiger partial charge on any atom is 0.417 e. The first-order chi connectivity index (χ1) is 9.04. The lowest BCUT2D eigenvalue weighted by molar-refractivity contribution is 0.224. The number of rotatable bonds is 2. The monoisotopic (exact) mass is 403 g/mol. The van der Waals surface area contributed by atoms with Crippen molar-refractivity contribution in [1.29, 1.82) is 0 Å². The fourth-order valence-corrected chi connectivity index (χ4v) is 3.90. The minimum Gasteiger partial charge on any atom is -0.408 e. The number of thiophene rings is 1. The van der Waals surface area contributed by atoms with Gasteiger partial charge < -0.3 is 9.52 Å². The molecule has 7 heteroatoms. The highest BCUT2D eigenvalue weighted by Gasteiger charge is 2.16. The number of benzene rings is 1. The van der Waals surface area contributed by atoms with Gasteiger partial charge in [-0.3, -0.25) is 4.98 Å². The molecule has 3 aromatic rings. The molecule has 0 bridgehead atoms. The molecule has 1 unspecified atom stereocenters. The summed E-state index contributed by atoms with van der Waals surface area (Å²) < 4.78 is 6.82. The molecule has 1 atom stereocenters. The van der Waals surface area contributed by atoms with Gasteiger partial charge in [0.25, 0.3) is 0 Å². The van der Waals surface area contributed by atoms with E-state index in [0.29, 0.717) is 16.7 Å². The Balaban J connectivity index is 2.05. The van der Waals surface area contributed by atoms with E-state index in [4.69, 9.17) is 4.42 Å². The number of fused-ring (bicyclic) bond motifs is 1. The largest absolute Gasteiger partial charge is 0.417 e. The molecule has 0 aliphatic rings. The van der Waals surface area contributed by atoms with Crippen molar-refractivity contribution in [3.8, 4) is 0 Å². The highest BCUT2D eigenvalue weighted by atomic mass is 79.9. The van der Waals surface area contributed by atoms with Crippen molar-refractivity contribution >= 4 is 54.3 Å².